The summed E-state index contributed by atoms with van der Waals surface area (Å²) in [5, 5.41) is 9.76. The monoisotopic (exact) mass is 499 g/mol. The molecule has 2 atom stereocenters. The van der Waals surface area contributed by atoms with Gasteiger partial charge in [-0.3, -0.25) is 4.79 Å². The van der Waals surface area contributed by atoms with Gasteiger partial charge in [0.1, 0.15) is 11.4 Å². The molecule has 0 saturated heterocycles. The molecule has 7 heteroatoms. The number of hydrogen-bond acceptors (Lipinski definition) is 4. The molecule has 36 heavy (non-hydrogen) atoms. The van der Waals surface area contributed by atoms with Crippen LogP contribution in [0.25, 0.3) is 0 Å². The highest BCUT2D eigenvalue weighted by atomic mass is 19.1. The molecule has 0 saturated carbocycles. The SMILES string of the molecule is CCCCC1C(c2ccc(F)cc2)=NN(c2ccc(F)c(OC)c2)C1(C)C(=O)NCCCC(C)(C)C. The van der Waals surface area contributed by atoms with E-state index in [0.29, 0.717) is 12.2 Å². The van der Waals surface area contributed by atoms with Gasteiger partial charge in [-0.25, -0.2) is 13.8 Å². The summed E-state index contributed by atoms with van der Waals surface area (Å²) in [5.74, 6) is -1.12. The lowest BCUT2D eigenvalue weighted by molar-refractivity contribution is -0.126. The molecule has 1 aliphatic rings. The second-order valence-corrected chi connectivity index (χ2v) is 10.9. The summed E-state index contributed by atoms with van der Waals surface area (Å²) >= 11 is 0. The van der Waals surface area contributed by atoms with Gasteiger partial charge in [0.15, 0.2) is 11.6 Å². The van der Waals surface area contributed by atoms with Crippen molar-refractivity contribution in [2.45, 2.75) is 72.3 Å². The molecule has 2 aromatic carbocycles. The lowest BCUT2D eigenvalue weighted by atomic mass is 9.77. The van der Waals surface area contributed by atoms with Crippen molar-refractivity contribution < 1.29 is 18.3 Å². The van der Waals surface area contributed by atoms with E-state index in [-0.39, 0.29) is 28.8 Å². The third-order valence-corrected chi connectivity index (χ3v) is 6.87. The zero-order chi connectivity index (χ0) is 26.5. The lowest BCUT2D eigenvalue weighted by Gasteiger charge is -2.38. The van der Waals surface area contributed by atoms with Gasteiger partial charge in [-0.2, -0.15) is 5.10 Å². The third kappa shape index (κ3) is 6.05. The van der Waals surface area contributed by atoms with Crippen molar-refractivity contribution >= 4 is 17.3 Å². The van der Waals surface area contributed by atoms with Gasteiger partial charge in [0, 0.05) is 18.5 Å². The largest absolute Gasteiger partial charge is 0.494 e. The highest BCUT2D eigenvalue weighted by Gasteiger charge is 2.53. The molecule has 1 aliphatic heterocycles. The van der Waals surface area contributed by atoms with Crippen LogP contribution < -0.4 is 15.1 Å². The number of ether oxygens (including phenoxy) is 1. The summed E-state index contributed by atoms with van der Waals surface area (Å²) in [7, 11) is 1.41. The standard InChI is InChI=1S/C29H39F2N3O2/c1-7-8-10-23-26(20-11-13-21(30)14-12-20)33-34(22-15-16-24(31)25(19-22)36-6)29(23,5)27(35)32-18-9-17-28(2,3)4/h11-16,19,23H,7-10,17-18H2,1-6H3,(H,32,35). The Morgan fingerprint density at radius 1 is 1.14 bits per heavy atom. The van der Waals surface area contributed by atoms with Gasteiger partial charge < -0.3 is 10.1 Å². The Bertz CT molecular complexity index is 1080. The number of hydrazone groups is 1. The average molecular weight is 500 g/mol. The van der Waals surface area contributed by atoms with E-state index in [9.17, 15) is 13.6 Å². The Morgan fingerprint density at radius 2 is 1.83 bits per heavy atom. The van der Waals surface area contributed by atoms with Gasteiger partial charge in [0.05, 0.1) is 18.5 Å². The van der Waals surface area contributed by atoms with Crippen LogP contribution in [0.3, 0.4) is 0 Å². The number of anilines is 1. The molecule has 0 bridgehead atoms. The number of methoxy groups -OCH3 is 1. The van der Waals surface area contributed by atoms with Crippen LogP contribution in [0.1, 0.15) is 72.3 Å². The first-order chi connectivity index (χ1) is 17.0. The minimum atomic E-state index is -1.07. The number of rotatable bonds is 10. The van der Waals surface area contributed by atoms with Crippen molar-refractivity contribution in [2.75, 3.05) is 18.7 Å². The molecule has 1 heterocycles. The Balaban J connectivity index is 2.05. The maximum Gasteiger partial charge on any atom is 0.248 e. The van der Waals surface area contributed by atoms with Crippen LogP contribution in [0.15, 0.2) is 47.6 Å². The van der Waals surface area contributed by atoms with E-state index in [1.807, 2.05) is 6.92 Å². The second-order valence-electron chi connectivity index (χ2n) is 10.9. The van der Waals surface area contributed by atoms with Crippen molar-refractivity contribution in [1.29, 1.82) is 0 Å². The topological polar surface area (TPSA) is 53.9 Å². The maximum absolute atomic E-state index is 14.2. The number of nitrogens with one attached hydrogen (secondary N) is 1. The number of halogens is 2. The molecule has 3 rings (SSSR count). The maximum atomic E-state index is 14.2. The third-order valence-electron chi connectivity index (χ3n) is 6.87. The average Bonchev–Trinajstić information content (AvgIpc) is 3.13. The number of carbonyl (C=O) groups is 1. The predicted octanol–water partition coefficient (Wildman–Crippen LogP) is 6.71. The molecule has 0 aliphatic carbocycles. The van der Waals surface area contributed by atoms with Crippen molar-refractivity contribution in [2.24, 2.45) is 16.4 Å². The molecule has 1 amide bonds. The van der Waals surface area contributed by atoms with Crippen LogP contribution >= 0.6 is 0 Å². The van der Waals surface area contributed by atoms with E-state index in [0.717, 1.165) is 43.4 Å². The van der Waals surface area contributed by atoms with Gasteiger partial charge in [-0.1, -0.05) is 52.7 Å². The van der Waals surface area contributed by atoms with Crippen molar-refractivity contribution in [3.8, 4) is 5.75 Å². The molecular formula is C29H39F2N3O2. The highest BCUT2D eigenvalue weighted by Crippen LogP contribution is 2.42. The Labute approximate surface area is 213 Å². The van der Waals surface area contributed by atoms with E-state index in [2.05, 4.69) is 33.0 Å². The van der Waals surface area contributed by atoms with E-state index in [1.165, 1.54) is 25.3 Å². The number of hydrogen-bond donors (Lipinski definition) is 1. The number of amides is 1. The van der Waals surface area contributed by atoms with Gasteiger partial charge >= 0.3 is 0 Å². The Hall–Kier alpha value is -2.96. The fourth-order valence-corrected chi connectivity index (χ4v) is 4.76. The molecule has 2 aromatic rings. The zero-order valence-corrected chi connectivity index (χ0v) is 22.3. The number of unbranched alkanes of at least 4 members (excludes halogenated alkanes) is 1. The summed E-state index contributed by atoms with van der Waals surface area (Å²) in [5.41, 5.74) is 1.16. The first kappa shape index (κ1) is 27.6. The minimum absolute atomic E-state index is 0.0796. The van der Waals surface area contributed by atoms with E-state index in [1.54, 1.807) is 29.3 Å². The predicted molar refractivity (Wildman–Crippen MR) is 141 cm³/mol. The van der Waals surface area contributed by atoms with Crippen LogP contribution in [0.5, 0.6) is 5.75 Å². The summed E-state index contributed by atoms with van der Waals surface area (Å²) in [6.45, 7) is 11.1. The summed E-state index contributed by atoms with van der Waals surface area (Å²) in [6, 6.07) is 10.7. The van der Waals surface area contributed by atoms with Gasteiger partial charge in [-0.15, -0.1) is 0 Å². The van der Waals surface area contributed by atoms with E-state index >= 15 is 0 Å². The first-order valence-corrected chi connectivity index (χ1v) is 12.8. The normalized spacial score (nSPS) is 19.8. The molecule has 0 radical (unpaired) electrons. The number of nitrogens with zero attached hydrogens (tertiary/aromatic N) is 2. The van der Waals surface area contributed by atoms with Gasteiger partial charge in [-0.05, 0) is 61.4 Å². The van der Waals surface area contributed by atoms with E-state index in [4.69, 9.17) is 9.84 Å². The van der Waals surface area contributed by atoms with Crippen molar-refractivity contribution in [3.63, 3.8) is 0 Å². The smallest absolute Gasteiger partial charge is 0.248 e. The summed E-state index contributed by atoms with van der Waals surface area (Å²) in [4.78, 5) is 13.9. The minimum Gasteiger partial charge on any atom is -0.494 e. The summed E-state index contributed by atoms with van der Waals surface area (Å²) in [6.07, 6.45) is 4.44. The second kappa shape index (κ2) is 11.4. The van der Waals surface area contributed by atoms with Gasteiger partial charge in [0.2, 0.25) is 5.91 Å². The van der Waals surface area contributed by atoms with Crippen molar-refractivity contribution in [1.82, 2.24) is 5.32 Å². The van der Waals surface area contributed by atoms with Crippen LogP contribution in [-0.4, -0.2) is 30.8 Å². The number of carbonyl (C=O) groups excluding carboxylic acids is 1. The molecule has 0 fully saturated rings. The van der Waals surface area contributed by atoms with Crippen LogP contribution in [0, 0.1) is 23.0 Å². The van der Waals surface area contributed by atoms with Crippen LogP contribution in [0.4, 0.5) is 14.5 Å². The number of benzene rings is 2. The molecule has 196 valence electrons. The molecule has 0 spiro atoms. The summed E-state index contributed by atoms with van der Waals surface area (Å²) < 4.78 is 33.2. The molecular weight excluding hydrogens is 460 g/mol. The zero-order valence-electron chi connectivity index (χ0n) is 22.3. The van der Waals surface area contributed by atoms with Gasteiger partial charge in [0.25, 0.3) is 0 Å². The molecule has 0 aromatic heterocycles. The molecule has 5 nitrogen and oxygen atoms in total. The lowest BCUT2D eigenvalue weighted by Crippen LogP contribution is -2.58. The fraction of sp³-hybridized carbons (Fsp3) is 0.517. The van der Waals surface area contributed by atoms with Crippen molar-refractivity contribution in [3.05, 3.63) is 59.7 Å². The first-order valence-electron chi connectivity index (χ1n) is 12.8. The van der Waals surface area contributed by atoms with E-state index < -0.39 is 11.4 Å². The highest BCUT2D eigenvalue weighted by molar-refractivity contribution is 6.10. The molecule has 1 N–H and O–H groups in total. The Kier molecular flexibility index (Phi) is 8.75. The Morgan fingerprint density at radius 3 is 2.44 bits per heavy atom. The quantitative estimate of drug-likeness (QED) is 0.370. The fourth-order valence-electron chi connectivity index (χ4n) is 4.76. The van der Waals surface area contributed by atoms with Crippen LogP contribution in [-0.2, 0) is 4.79 Å². The molecule has 2 unspecified atom stereocenters. The van der Waals surface area contributed by atoms with Crippen LogP contribution in [0.2, 0.25) is 0 Å².